The smallest absolute Gasteiger partial charge is 0.252 e. The van der Waals surface area contributed by atoms with Crippen LogP contribution in [0, 0.1) is 0 Å². The quantitative estimate of drug-likeness (QED) is 0.845. The molecule has 2 aromatic heterocycles. The van der Waals surface area contributed by atoms with Crippen LogP contribution in [0.4, 0.5) is 0 Å². The molecule has 0 aliphatic carbocycles. The second kappa shape index (κ2) is 8.01. The van der Waals surface area contributed by atoms with Gasteiger partial charge in [0.2, 0.25) is 0 Å². The fourth-order valence-corrected chi connectivity index (χ4v) is 3.83. The zero-order valence-corrected chi connectivity index (χ0v) is 15.0. The number of aromatic nitrogens is 1. The summed E-state index contributed by atoms with van der Waals surface area (Å²) < 4.78 is 6.24. The van der Waals surface area contributed by atoms with Crippen LogP contribution in [0.1, 0.15) is 21.3 Å². The van der Waals surface area contributed by atoms with Gasteiger partial charge in [0.25, 0.3) is 5.91 Å². The number of halogens is 1. The number of amides is 1. The molecule has 2 aromatic rings. The first-order chi connectivity index (χ1) is 11.2. The number of nitrogens with zero attached hydrogens (tertiary/aromatic N) is 2. The van der Waals surface area contributed by atoms with Crippen molar-refractivity contribution in [2.45, 2.75) is 6.04 Å². The van der Waals surface area contributed by atoms with E-state index in [1.807, 2.05) is 6.07 Å². The van der Waals surface area contributed by atoms with Crippen LogP contribution in [-0.4, -0.2) is 48.6 Å². The number of morpholine rings is 1. The number of rotatable bonds is 5. The highest BCUT2D eigenvalue weighted by atomic mass is 79.9. The van der Waals surface area contributed by atoms with E-state index in [2.05, 4.69) is 42.6 Å². The molecule has 122 valence electrons. The molecule has 1 saturated heterocycles. The number of pyridine rings is 1. The summed E-state index contributed by atoms with van der Waals surface area (Å²) in [7, 11) is 0. The van der Waals surface area contributed by atoms with Crippen molar-refractivity contribution in [1.82, 2.24) is 15.2 Å². The minimum atomic E-state index is -0.103. The van der Waals surface area contributed by atoms with Crippen molar-refractivity contribution in [3.63, 3.8) is 0 Å². The van der Waals surface area contributed by atoms with Crippen molar-refractivity contribution in [2.75, 3.05) is 32.8 Å². The largest absolute Gasteiger partial charge is 0.379 e. The minimum absolute atomic E-state index is 0.103. The Morgan fingerprint density at radius 1 is 1.43 bits per heavy atom. The Balaban J connectivity index is 1.67. The van der Waals surface area contributed by atoms with Gasteiger partial charge in [-0.25, -0.2) is 0 Å². The molecule has 1 atom stereocenters. The molecule has 1 fully saturated rings. The van der Waals surface area contributed by atoms with Crippen LogP contribution in [0.15, 0.2) is 40.4 Å². The summed E-state index contributed by atoms with van der Waals surface area (Å²) in [5.74, 6) is -0.103. The highest BCUT2D eigenvalue weighted by Crippen LogP contribution is 2.25. The standard InChI is InChI=1S/C16H18BrN3O2S/c17-13-8-12(9-18-10-13)16(21)19-11-14(15-2-1-7-23-15)20-3-5-22-6-4-20/h1-2,7-10,14H,3-6,11H2,(H,19,21). The number of nitrogens with one attached hydrogen (secondary N) is 1. The van der Waals surface area contributed by atoms with Crippen molar-refractivity contribution in [3.05, 3.63) is 50.9 Å². The van der Waals surface area contributed by atoms with E-state index in [1.54, 1.807) is 29.8 Å². The average molecular weight is 396 g/mol. The molecule has 1 N–H and O–H groups in total. The van der Waals surface area contributed by atoms with Crippen molar-refractivity contribution < 1.29 is 9.53 Å². The van der Waals surface area contributed by atoms with E-state index < -0.39 is 0 Å². The first kappa shape index (κ1) is 16.6. The van der Waals surface area contributed by atoms with E-state index in [-0.39, 0.29) is 11.9 Å². The molecule has 0 spiro atoms. The molecule has 5 nitrogen and oxygen atoms in total. The lowest BCUT2D eigenvalue weighted by atomic mass is 10.1. The fourth-order valence-electron chi connectivity index (χ4n) is 2.61. The topological polar surface area (TPSA) is 54.5 Å². The molecule has 23 heavy (non-hydrogen) atoms. The van der Waals surface area contributed by atoms with Crippen LogP contribution in [0.3, 0.4) is 0 Å². The van der Waals surface area contributed by atoms with Gasteiger partial charge in [0.05, 0.1) is 24.8 Å². The van der Waals surface area contributed by atoms with Crippen molar-refractivity contribution in [3.8, 4) is 0 Å². The maximum atomic E-state index is 12.3. The number of carbonyl (C=O) groups excluding carboxylic acids is 1. The van der Waals surface area contributed by atoms with Crippen LogP contribution in [0.25, 0.3) is 0 Å². The number of carbonyl (C=O) groups is 1. The van der Waals surface area contributed by atoms with Gasteiger partial charge in [-0.15, -0.1) is 11.3 Å². The van der Waals surface area contributed by atoms with E-state index >= 15 is 0 Å². The summed E-state index contributed by atoms with van der Waals surface area (Å²) in [6.45, 7) is 3.83. The first-order valence-electron chi connectivity index (χ1n) is 7.48. The lowest BCUT2D eigenvalue weighted by Crippen LogP contribution is -2.43. The van der Waals surface area contributed by atoms with E-state index in [0.29, 0.717) is 12.1 Å². The number of thiophene rings is 1. The Morgan fingerprint density at radius 2 is 2.26 bits per heavy atom. The molecule has 1 amide bonds. The molecular weight excluding hydrogens is 378 g/mol. The van der Waals surface area contributed by atoms with E-state index in [9.17, 15) is 4.79 Å². The van der Waals surface area contributed by atoms with Gasteiger partial charge in [-0.3, -0.25) is 14.7 Å². The van der Waals surface area contributed by atoms with Gasteiger partial charge in [0, 0.05) is 41.4 Å². The normalized spacial score (nSPS) is 16.9. The Morgan fingerprint density at radius 3 is 2.96 bits per heavy atom. The highest BCUT2D eigenvalue weighted by molar-refractivity contribution is 9.10. The van der Waals surface area contributed by atoms with Crippen molar-refractivity contribution >= 4 is 33.2 Å². The third-order valence-electron chi connectivity index (χ3n) is 3.78. The second-order valence-electron chi connectivity index (χ2n) is 5.28. The molecule has 1 unspecified atom stereocenters. The van der Waals surface area contributed by atoms with Crippen molar-refractivity contribution in [2.24, 2.45) is 0 Å². The minimum Gasteiger partial charge on any atom is -0.379 e. The zero-order valence-electron chi connectivity index (χ0n) is 12.6. The summed E-state index contributed by atoms with van der Waals surface area (Å²) in [4.78, 5) is 20.0. The van der Waals surface area contributed by atoms with Gasteiger partial charge in [0.15, 0.2) is 0 Å². The second-order valence-corrected chi connectivity index (χ2v) is 7.18. The summed E-state index contributed by atoms with van der Waals surface area (Å²) in [5.41, 5.74) is 0.561. The predicted molar refractivity (Wildman–Crippen MR) is 93.7 cm³/mol. The molecule has 0 saturated carbocycles. The summed E-state index contributed by atoms with van der Waals surface area (Å²) in [5, 5.41) is 5.11. The first-order valence-corrected chi connectivity index (χ1v) is 9.15. The Bertz CT molecular complexity index is 645. The van der Waals surface area contributed by atoms with Gasteiger partial charge in [-0.2, -0.15) is 0 Å². The number of ether oxygens (including phenoxy) is 1. The third-order valence-corrected chi connectivity index (χ3v) is 5.19. The maximum absolute atomic E-state index is 12.3. The van der Waals surface area contributed by atoms with E-state index in [4.69, 9.17) is 4.74 Å². The Labute approximate surface area is 147 Å². The van der Waals surface area contributed by atoms with Crippen LogP contribution in [0.2, 0.25) is 0 Å². The van der Waals surface area contributed by atoms with Crippen LogP contribution in [0.5, 0.6) is 0 Å². The highest BCUT2D eigenvalue weighted by Gasteiger charge is 2.24. The maximum Gasteiger partial charge on any atom is 0.252 e. The van der Waals surface area contributed by atoms with Gasteiger partial charge in [-0.05, 0) is 33.4 Å². The molecule has 3 rings (SSSR count). The van der Waals surface area contributed by atoms with Crippen LogP contribution >= 0.6 is 27.3 Å². The summed E-state index contributed by atoms with van der Waals surface area (Å²) in [6.07, 6.45) is 3.24. The molecule has 1 aliphatic rings. The third kappa shape index (κ3) is 4.38. The molecule has 3 heterocycles. The zero-order chi connectivity index (χ0) is 16.1. The van der Waals surface area contributed by atoms with Crippen LogP contribution < -0.4 is 5.32 Å². The van der Waals surface area contributed by atoms with E-state index in [0.717, 1.165) is 30.8 Å². The van der Waals surface area contributed by atoms with Gasteiger partial charge in [0.1, 0.15) is 0 Å². The summed E-state index contributed by atoms with van der Waals surface area (Å²) in [6, 6.07) is 6.13. The molecule has 7 heteroatoms. The monoisotopic (exact) mass is 395 g/mol. The fraction of sp³-hybridized carbons (Fsp3) is 0.375. The average Bonchev–Trinajstić information content (AvgIpc) is 3.10. The Kier molecular flexibility index (Phi) is 5.77. The Hall–Kier alpha value is -1.28. The summed E-state index contributed by atoms with van der Waals surface area (Å²) >= 11 is 5.06. The lowest BCUT2D eigenvalue weighted by molar-refractivity contribution is 0.0169. The van der Waals surface area contributed by atoms with Crippen LogP contribution in [-0.2, 0) is 4.74 Å². The molecular formula is C16H18BrN3O2S. The lowest BCUT2D eigenvalue weighted by Gasteiger charge is -2.34. The predicted octanol–water partition coefficient (Wildman–Crippen LogP) is 2.71. The molecule has 0 radical (unpaired) electrons. The number of hydrogen-bond acceptors (Lipinski definition) is 5. The van der Waals surface area contributed by atoms with Gasteiger partial charge in [-0.1, -0.05) is 6.07 Å². The van der Waals surface area contributed by atoms with Gasteiger partial charge < -0.3 is 10.1 Å². The van der Waals surface area contributed by atoms with Gasteiger partial charge >= 0.3 is 0 Å². The molecule has 1 aliphatic heterocycles. The SMILES string of the molecule is O=C(NCC(c1cccs1)N1CCOCC1)c1cncc(Br)c1. The molecule has 0 bridgehead atoms. The van der Waals surface area contributed by atoms with Crippen molar-refractivity contribution in [1.29, 1.82) is 0 Å². The van der Waals surface area contributed by atoms with E-state index in [1.165, 1.54) is 4.88 Å². The molecule has 0 aromatic carbocycles. The number of hydrogen-bond donors (Lipinski definition) is 1.